The van der Waals surface area contributed by atoms with Gasteiger partial charge in [0.05, 0.1) is 5.41 Å². The molecule has 0 aromatic heterocycles. The summed E-state index contributed by atoms with van der Waals surface area (Å²) in [6.45, 7) is 6.13. The van der Waals surface area contributed by atoms with E-state index in [0.717, 1.165) is 44.5 Å². The van der Waals surface area contributed by atoms with Crippen molar-refractivity contribution in [1.29, 1.82) is 0 Å². The standard InChI is InChI=1S/C16H23IN2O/c1-3-6-16(7-9-18-10-8-16)15(20)19-13-5-4-12(2)14(17)11-13/h4-5,11,18H,3,6-10H2,1-2H3,(H,19,20). The summed E-state index contributed by atoms with van der Waals surface area (Å²) in [4.78, 5) is 12.7. The summed E-state index contributed by atoms with van der Waals surface area (Å²) in [5.74, 6) is 0.195. The van der Waals surface area contributed by atoms with Crippen LogP contribution >= 0.6 is 22.6 Å². The van der Waals surface area contributed by atoms with Crippen LogP contribution in [0.15, 0.2) is 18.2 Å². The van der Waals surface area contributed by atoms with Gasteiger partial charge in [-0.05, 0) is 79.6 Å². The van der Waals surface area contributed by atoms with Crippen LogP contribution in [0, 0.1) is 15.9 Å². The molecule has 4 heteroatoms. The van der Waals surface area contributed by atoms with Gasteiger partial charge in [-0.2, -0.15) is 0 Å². The lowest BCUT2D eigenvalue weighted by molar-refractivity contribution is -0.127. The molecule has 20 heavy (non-hydrogen) atoms. The molecule has 1 aromatic rings. The summed E-state index contributed by atoms with van der Waals surface area (Å²) in [7, 11) is 0. The molecule has 1 heterocycles. The Morgan fingerprint density at radius 1 is 1.40 bits per heavy atom. The fourth-order valence-electron chi connectivity index (χ4n) is 2.91. The van der Waals surface area contributed by atoms with Crippen LogP contribution in [0.5, 0.6) is 0 Å². The van der Waals surface area contributed by atoms with E-state index in [1.807, 2.05) is 6.07 Å². The number of benzene rings is 1. The first-order valence-corrected chi connectivity index (χ1v) is 8.43. The second kappa shape index (κ2) is 6.89. The smallest absolute Gasteiger partial charge is 0.230 e. The Kier molecular flexibility index (Phi) is 5.43. The summed E-state index contributed by atoms with van der Waals surface area (Å²) in [6, 6.07) is 6.11. The Morgan fingerprint density at radius 3 is 2.70 bits per heavy atom. The van der Waals surface area contributed by atoms with Crippen LogP contribution in [0.2, 0.25) is 0 Å². The van der Waals surface area contributed by atoms with E-state index in [2.05, 4.69) is 59.2 Å². The number of carbonyl (C=O) groups excluding carboxylic acids is 1. The number of hydrogen-bond donors (Lipinski definition) is 2. The van der Waals surface area contributed by atoms with Crippen molar-refractivity contribution in [2.24, 2.45) is 5.41 Å². The first kappa shape index (κ1) is 15.8. The maximum Gasteiger partial charge on any atom is 0.230 e. The van der Waals surface area contributed by atoms with E-state index >= 15 is 0 Å². The molecule has 1 fully saturated rings. The summed E-state index contributed by atoms with van der Waals surface area (Å²) in [5.41, 5.74) is 1.98. The predicted octanol–water partition coefficient (Wildman–Crippen LogP) is 3.71. The summed E-state index contributed by atoms with van der Waals surface area (Å²) < 4.78 is 1.19. The Balaban J connectivity index is 2.13. The molecule has 0 spiro atoms. The van der Waals surface area contributed by atoms with Crippen LogP contribution in [0.1, 0.15) is 38.2 Å². The number of rotatable bonds is 4. The van der Waals surface area contributed by atoms with Gasteiger partial charge in [0.1, 0.15) is 0 Å². The molecule has 1 aromatic carbocycles. The average molecular weight is 386 g/mol. The van der Waals surface area contributed by atoms with Gasteiger partial charge in [0.15, 0.2) is 0 Å². The van der Waals surface area contributed by atoms with Gasteiger partial charge in [-0.1, -0.05) is 19.4 Å². The lowest BCUT2D eigenvalue weighted by Gasteiger charge is -2.36. The van der Waals surface area contributed by atoms with Gasteiger partial charge in [-0.15, -0.1) is 0 Å². The lowest BCUT2D eigenvalue weighted by atomic mass is 9.74. The van der Waals surface area contributed by atoms with Crippen LogP contribution in [0.3, 0.4) is 0 Å². The van der Waals surface area contributed by atoms with Gasteiger partial charge in [-0.3, -0.25) is 4.79 Å². The van der Waals surface area contributed by atoms with Gasteiger partial charge in [0.25, 0.3) is 0 Å². The molecule has 1 aliphatic rings. The minimum absolute atomic E-state index is 0.184. The first-order chi connectivity index (χ1) is 9.57. The Labute approximate surface area is 135 Å². The number of amides is 1. The average Bonchev–Trinajstić information content (AvgIpc) is 2.44. The van der Waals surface area contributed by atoms with Gasteiger partial charge in [0, 0.05) is 9.26 Å². The first-order valence-electron chi connectivity index (χ1n) is 7.36. The van der Waals surface area contributed by atoms with E-state index in [4.69, 9.17) is 0 Å². The summed E-state index contributed by atoms with van der Waals surface area (Å²) >= 11 is 2.31. The van der Waals surface area contributed by atoms with Crippen LogP contribution < -0.4 is 10.6 Å². The predicted molar refractivity (Wildman–Crippen MR) is 92.0 cm³/mol. The van der Waals surface area contributed by atoms with Crippen LogP contribution in [0.25, 0.3) is 0 Å². The Hall–Kier alpha value is -0.620. The summed E-state index contributed by atoms with van der Waals surface area (Å²) in [5, 5.41) is 6.49. The van der Waals surface area contributed by atoms with Crippen molar-refractivity contribution in [3.63, 3.8) is 0 Å². The quantitative estimate of drug-likeness (QED) is 0.775. The SMILES string of the molecule is CCCC1(C(=O)Nc2ccc(C)c(I)c2)CCNCC1. The second-order valence-corrected chi connectivity index (χ2v) is 6.86. The van der Waals surface area contributed by atoms with Gasteiger partial charge < -0.3 is 10.6 Å². The molecule has 0 radical (unpaired) electrons. The number of halogens is 1. The van der Waals surface area contributed by atoms with Crippen molar-refractivity contribution in [1.82, 2.24) is 5.32 Å². The molecule has 0 unspecified atom stereocenters. The number of aryl methyl sites for hydroxylation is 1. The number of anilines is 1. The maximum atomic E-state index is 12.7. The fourth-order valence-corrected chi connectivity index (χ4v) is 3.42. The molecule has 1 saturated heterocycles. The highest BCUT2D eigenvalue weighted by Crippen LogP contribution is 2.35. The van der Waals surface area contributed by atoms with Gasteiger partial charge >= 0.3 is 0 Å². The molecule has 3 nitrogen and oxygen atoms in total. The third-order valence-corrected chi connectivity index (χ3v) is 5.36. The second-order valence-electron chi connectivity index (χ2n) is 5.70. The molecule has 2 N–H and O–H groups in total. The zero-order chi connectivity index (χ0) is 14.6. The third kappa shape index (κ3) is 3.52. The molecule has 110 valence electrons. The topological polar surface area (TPSA) is 41.1 Å². The van der Waals surface area contributed by atoms with Gasteiger partial charge in [-0.25, -0.2) is 0 Å². The third-order valence-electron chi connectivity index (χ3n) is 4.20. The fraction of sp³-hybridized carbons (Fsp3) is 0.562. The normalized spacial score (nSPS) is 17.8. The zero-order valence-electron chi connectivity index (χ0n) is 12.3. The van der Waals surface area contributed by atoms with Crippen molar-refractivity contribution in [2.75, 3.05) is 18.4 Å². The van der Waals surface area contributed by atoms with E-state index in [9.17, 15) is 4.79 Å². The molecule has 0 saturated carbocycles. The van der Waals surface area contributed by atoms with E-state index in [1.54, 1.807) is 0 Å². The van der Waals surface area contributed by atoms with Crippen LogP contribution in [-0.2, 0) is 4.79 Å². The van der Waals surface area contributed by atoms with Crippen LogP contribution in [-0.4, -0.2) is 19.0 Å². The highest BCUT2D eigenvalue weighted by molar-refractivity contribution is 14.1. The van der Waals surface area contributed by atoms with E-state index in [1.165, 1.54) is 9.13 Å². The largest absolute Gasteiger partial charge is 0.326 e. The van der Waals surface area contributed by atoms with Crippen molar-refractivity contribution in [3.05, 3.63) is 27.3 Å². The van der Waals surface area contributed by atoms with Crippen molar-refractivity contribution in [2.45, 2.75) is 39.5 Å². The highest BCUT2D eigenvalue weighted by atomic mass is 127. The zero-order valence-corrected chi connectivity index (χ0v) is 14.4. The number of piperidine rings is 1. The molecular formula is C16H23IN2O. The maximum absolute atomic E-state index is 12.7. The molecule has 0 atom stereocenters. The minimum atomic E-state index is -0.184. The minimum Gasteiger partial charge on any atom is -0.326 e. The molecule has 2 rings (SSSR count). The molecule has 1 aliphatic heterocycles. The monoisotopic (exact) mass is 386 g/mol. The Morgan fingerprint density at radius 2 is 2.10 bits per heavy atom. The van der Waals surface area contributed by atoms with Gasteiger partial charge in [0.2, 0.25) is 5.91 Å². The van der Waals surface area contributed by atoms with Crippen molar-refractivity contribution in [3.8, 4) is 0 Å². The van der Waals surface area contributed by atoms with E-state index < -0.39 is 0 Å². The molecular weight excluding hydrogens is 363 g/mol. The molecule has 1 amide bonds. The lowest BCUT2D eigenvalue weighted by Crippen LogP contribution is -2.44. The van der Waals surface area contributed by atoms with E-state index in [-0.39, 0.29) is 11.3 Å². The van der Waals surface area contributed by atoms with Crippen molar-refractivity contribution < 1.29 is 4.79 Å². The number of carbonyl (C=O) groups is 1. The Bertz CT molecular complexity index is 476. The van der Waals surface area contributed by atoms with Crippen LogP contribution in [0.4, 0.5) is 5.69 Å². The number of hydrogen-bond acceptors (Lipinski definition) is 2. The van der Waals surface area contributed by atoms with Crippen molar-refractivity contribution >= 4 is 34.2 Å². The van der Waals surface area contributed by atoms with E-state index in [0.29, 0.717) is 0 Å². The molecule has 0 aliphatic carbocycles. The summed E-state index contributed by atoms with van der Waals surface area (Å²) in [6.07, 6.45) is 3.91. The number of nitrogens with one attached hydrogen (secondary N) is 2. The molecule has 0 bridgehead atoms. The highest BCUT2D eigenvalue weighted by Gasteiger charge is 2.38.